The van der Waals surface area contributed by atoms with Crippen molar-refractivity contribution in [2.45, 2.75) is 19.8 Å². The number of nitrogens with one attached hydrogen (secondary N) is 1. The summed E-state index contributed by atoms with van der Waals surface area (Å²) in [4.78, 5) is 36.7. The number of nitrogens with zero attached hydrogens (tertiary/aromatic N) is 1. The van der Waals surface area contributed by atoms with Gasteiger partial charge in [-0.3, -0.25) is 14.5 Å². The van der Waals surface area contributed by atoms with Gasteiger partial charge in [0.05, 0.1) is 5.92 Å². The van der Waals surface area contributed by atoms with Crippen LogP contribution in [0.2, 0.25) is 5.02 Å². The third-order valence-corrected chi connectivity index (χ3v) is 3.90. The average molecular weight is 339 g/mol. The number of ether oxygens (including phenoxy) is 1. The van der Waals surface area contributed by atoms with Gasteiger partial charge in [-0.05, 0) is 23.6 Å². The van der Waals surface area contributed by atoms with Crippen LogP contribution in [-0.2, 0) is 14.3 Å². The van der Waals surface area contributed by atoms with Gasteiger partial charge in [0.25, 0.3) is 5.91 Å². The van der Waals surface area contributed by atoms with E-state index in [1.807, 2.05) is 13.8 Å². The lowest BCUT2D eigenvalue weighted by atomic mass is 9.88. The van der Waals surface area contributed by atoms with Gasteiger partial charge in [0.15, 0.2) is 6.61 Å². The van der Waals surface area contributed by atoms with E-state index >= 15 is 0 Å². The standard InChI is InChI=1S/C16H19ClN2O4/c1-10(2)14(11-3-5-12(17)6-4-11)15(21)23-9-13(20)19-8-7-18-16(19)22/h3-6,10,14H,7-9H2,1-2H3,(H,18,22). The van der Waals surface area contributed by atoms with Crippen LogP contribution in [0.5, 0.6) is 0 Å². The summed E-state index contributed by atoms with van der Waals surface area (Å²) in [5.74, 6) is -1.51. The van der Waals surface area contributed by atoms with Crippen LogP contribution in [0, 0.1) is 5.92 Å². The molecule has 1 fully saturated rings. The zero-order chi connectivity index (χ0) is 17.0. The molecule has 0 saturated carbocycles. The molecule has 1 atom stereocenters. The molecule has 124 valence electrons. The smallest absolute Gasteiger partial charge is 0.324 e. The van der Waals surface area contributed by atoms with E-state index in [2.05, 4.69) is 5.32 Å². The van der Waals surface area contributed by atoms with Crippen molar-refractivity contribution in [2.75, 3.05) is 19.7 Å². The highest BCUT2D eigenvalue weighted by Gasteiger charge is 2.30. The van der Waals surface area contributed by atoms with Crippen LogP contribution in [0.4, 0.5) is 4.79 Å². The monoisotopic (exact) mass is 338 g/mol. The molecule has 0 aliphatic carbocycles. The van der Waals surface area contributed by atoms with Crippen molar-refractivity contribution in [3.05, 3.63) is 34.9 Å². The minimum atomic E-state index is -0.521. The molecule has 2 rings (SSSR count). The Morgan fingerprint density at radius 2 is 1.96 bits per heavy atom. The van der Waals surface area contributed by atoms with E-state index in [0.717, 1.165) is 10.5 Å². The molecule has 3 amide bonds. The number of rotatable bonds is 5. The molecule has 1 heterocycles. The van der Waals surface area contributed by atoms with Gasteiger partial charge < -0.3 is 10.1 Å². The second kappa shape index (κ2) is 7.46. The van der Waals surface area contributed by atoms with Gasteiger partial charge in [0.2, 0.25) is 0 Å². The molecule has 23 heavy (non-hydrogen) atoms. The molecule has 0 aromatic heterocycles. The predicted molar refractivity (Wildman–Crippen MR) is 85.1 cm³/mol. The first-order valence-electron chi connectivity index (χ1n) is 7.40. The molecular weight excluding hydrogens is 320 g/mol. The number of benzene rings is 1. The summed E-state index contributed by atoms with van der Waals surface area (Å²) in [6.07, 6.45) is 0. The number of urea groups is 1. The Hall–Kier alpha value is -2.08. The minimum absolute atomic E-state index is 0.00568. The molecule has 0 spiro atoms. The second-order valence-corrected chi connectivity index (χ2v) is 6.09. The maximum atomic E-state index is 12.3. The normalized spacial score (nSPS) is 15.5. The van der Waals surface area contributed by atoms with Gasteiger partial charge in [-0.2, -0.15) is 0 Å². The fraction of sp³-hybridized carbons (Fsp3) is 0.438. The van der Waals surface area contributed by atoms with Gasteiger partial charge in [-0.25, -0.2) is 4.79 Å². The Kier molecular flexibility index (Phi) is 5.60. The zero-order valence-corrected chi connectivity index (χ0v) is 13.8. The Bertz CT molecular complexity index is 601. The van der Waals surface area contributed by atoms with Gasteiger partial charge in [-0.1, -0.05) is 37.6 Å². The van der Waals surface area contributed by atoms with Gasteiger partial charge in [0.1, 0.15) is 0 Å². The van der Waals surface area contributed by atoms with Gasteiger partial charge >= 0.3 is 12.0 Å². The Balaban J connectivity index is 2.00. The van der Waals surface area contributed by atoms with E-state index in [0.29, 0.717) is 18.1 Å². The number of hydrogen-bond donors (Lipinski definition) is 1. The quantitative estimate of drug-likeness (QED) is 0.835. The number of carbonyl (C=O) groups excluding carboxylic acids is 3. The van der Waals surface area contributed by atoms with Crippen LogP contribution in [-0.4, -0.2) is 42.5 Å². The van der Waals surface area contributed by atoms with E-state index < -0.39 is 30.4 Å². The molecule has 7 heteroatoms. The van der Waals surface area contributed by atoms with Crippen molar-refractivity contribution in [1.29, 1.82) is 0 Å². The summed E-state index contributed by atoms with van der Waals surface area (Å²) < 4.78 is 5.13. The minimum Gasteiger partial charge on any atom is -0.455 e. The Morgan fingerprint density at radius 1 is 1.30 bits per heavy atom. The Labute approximate surface area is 139 Å². The third kappa shape index (κ3) is 4.22. The third-order valence-electron chi connectivity index (χ3n) is 3.65. The van der Waals surface area contributed by atoms with Crippen LogP contribution in [0.3, 0.4) is 0 Å². The predicted octanol–water partition coefficient (Wildman–Crippen LogP) is 2.17. The largest absolute Gasteiger partial charge is 0.455 e. The topological polar surface area (TPSA) is 75.7 Å². The molecule has 1 aliphatic heterocycles. The fourth-order valence-corrected chi connectivity index (χ4v) is 2.60. The lowest BCUT2D eigenvalue weighted by Gasteiger charge is -2.20. The number of amides is 3. The zero-order valence-electron chi connectivity index (χ0n) is 13.0. The van der Waals surface area contributed by atoms with Crippen molar-refractivity contribution in [3.63, 3.8) is 0 Å². The molecule has 0 bridgehead atoms. The van der Waals surface area contributed by atoms with Crippen LogP contribution in [0.1, 0.15) is 25.3 Å². The molecule has 1 saturated heterocycles. The van der Waals surface area contributed by atoms with Crippen LogP contribution in [0.25, 0.3) is 0 Å². The SMILES string of the molecule is CC(C)C(C(=O)OCC(=O)N1CCNC1=O)c1ccc(Cl)cc1. The van der Waals surface area contributed by atoms with Crippen molar-refractivity contribution < 1.29 is 19.1 Å². The molecule has 1 N–H and O–H groups in total. The van der Waals surface area contributed by atoms with Crippen LogP contribution in [0.15, 0.2) is 24.3 Å². The molecule has 1 unspecified atom stereocenters. The number of imide groups is 1. The van der Waals surface area contributed by atoms with Gasteiger partial charge in [0, 0.05) is 18.1 Å². The highest BCUT2D eigenvalue weighted by atomic mass is 35.5. The maximum absolute atomic E-state index is 12.3. The summed E-state index contributed by atoms with van der Waals surface area (Å²) in [5, 5.41) is 3.11. The first kappa shape index (κ1) is 17.3. The van der Waals surface area contributed by atoms with Crippen LogP contribution < -0.4 is 5.32 Å². The first-order chi connectivity index (χ1) is 10.9. The number of halogens is 1. The number of carbonyl (C=O) groups is 3. The molecule has 1 aliphatic rings. The number of esters is 1. The van der Waals surface area contributed by atoms with E-state index in [-0.39, 0.29) is 5.92 Å². The lowest BCUT2D eigenvalue weighted by Crippen LogP contribution is -2.37. The fourth-order valence-electron chi connectivity index (χ4n) is 2.47. The summed E-state index contributed by atoms with van der Waals surface area (Å²) in [6, 6.07) is 6.50. The first-order valence-corrected chi connectivity index (χ1v) is 7.78. The Morgan fingerprint density at radius 3 is 2.48 bits per heavy atom. The maximum Gasteiger partial charge on any atom is 0.324 e. The second-order valence-electron chi connectivity index (χ2n) is 5.66. The summed E-state index contributed by atoms with van der Waals surface area (Å²) in [5.41, 5.74) is 0.778. The molecule has 1 aromatic carbocycles. The summed E-state index contributed by atoms with van der Waals surface area (Å²) >= 11 is 5.86. The molecule has 0 radical (unpaired) electrons. The van der Waals surface area contributed by atoms with Crippen molar-refractivity contribution in [1.82, 2.24) is 10.2 Å². The van der Waals surface area contributed by atoms with Crippen molar-refractivity contribution >= 4 is 29.5 Å². The van der Waals surface area contributed by atoms with E-state index in [1.165, 1.54) is 0 Å². The lowest BCUT2D eigenvalue weighted by molar-refractivity contribution is -0.153. The molecular formula is C16H19ClN2O4. The summed E-state index contributed by atoms with van der Waals surface area (Å²) in [6.45, 7) is 4.06. The van der Waals surface area contributed by atoms with E-state index in [4.69, 9.17) is 16.3 Å². The van der Waals surface area contributed by atoms with E-state index in [1.54, 1.807) is 24.3 Å². The highest BCUT2D eigenvalue weighted by molar-refractivity contribution is 6.30. The van der Waals surface area contributed by atoms with Crippen molar-refractivity contribution in [3.8, 4) is 0 Å². The van der Waals surface area contributed by atoms with Crippen molar-refractivity contribution in [2.24, 2.45) is 5.92 Å². The molecule has 6 nitrogen and oxygen atoms in total. The number of hydrogen-bond acceptors (Lipinski definition) is 4. The molecule has 1 aromatic rings. The highest BCUT2D eigenvalue weighted by Crippen LogP contribution is 2.27. The summed E-state index contributed by atoms with van der Waals surface area (Å²) in [7, 11) is 0. The van der Waals surface area contributed by atoms with Crippen LogP contribution >= 0.6 is 11.6 Å². The van der Waals surface area contributed by atoms with E-state index in [9.17, 15) is 14.4 Å². The van der Waals surface area contributed by atoms with Gasteiger partial charge in [-0.15, -0.1) is 0 Å². The average Bonchev–Trinajstić information content (AvgIpc) is 2.93.